The molecule has 2 N–H and O–H groups in total. The molecule has 0 radical (unpaired) electrons. The van der Waals surface area contributed by atoms with E-state index in [1.54, 1.807) is 11.0 Å². The topological polar surface area (TPSA) is 109 Å². The molecule has 1 saturated heterocycles. The minimum atomic E-state index is -0.675. The number of aromatic hydroxyl groups is 1. The van der Waals surface area contributed by atoms with Gasteiger partial charge in [0.2, 0.25) is 11.8 Å². The highest BCUT2D eigenvalue weighted by Crippen LogP contribution is 2.24. The Hall–Kier alpha value is -3.10. The van der Waals surface area contributed by atoms with Crippen molar-refractivity contribution < 1.29 is 14.7 Å². The smallest absolute Gasteiger partial charge is 0.291 e. The molecular formula is C21H27N5O4. The molecule has 9 heteroatoms. The first-order valence-electron chi connectivity index (χ1n) is 10.5. The zero-order valence-corrected chi connectivity index (χ0v) is 17.3. The molecule has 9 nitrogen and oxygen atoms in total. The summed E-state index contributed by atoms with van der Waals surface area (Å²) in [5, 5.41) is 17.8. The number of likely N-dealkylation sites (tertiary alicyclic amines) is 1. The van der Waals surface area contributed by atoms with E-state index in [1.165, 1.54) is 16.8 Å². The van der Waals surface area contributed by atoms with E-state index in [0.717, 1.165) is 43.3 Å². The van der Waals surface area contributed by atoms with Gasteiger partial charge < -0.3 is 15.3 Å². The average Bonchev–Trinajstić information content (AvgIpc) is 3.19. The highest BCUT2D eigenvalue weighted by molar-refractivity contribution is 5.97. The maximum atomic E-state index is 13.0. The number of amides is 2. The third-order valence-corrected chi connectivity index (χ3v) is 5.42. The van der Waals surface area contributed by atoms with Gasteiger partial charge in [-0.25, -0.2) is 0 Å². The van der Waals surface area contributed by atoms with Gasteiger partial charge in [0.15, 0.2) is 5.56 Å². The first-order valence-corrected chi connectivity index (χ1v) is 10.5. The fourth-order valence-electron chi connectivity index (χ4n) is 3.75. The van der Waals surface area contributed by atoms with Crippen LogP contribution in [-0.2, 0) is 11.3 Å². The lowest BCUT2D eigenvalue weighted by molar-refractivity contribution is -0.124. The molecule has 4 rings (SSSR count). The Balaban J connectivity index is 1.78. The SMILES string of the molecule is CC(C)Cn1c(O)c(C(=O)NC2CC2)c(=O)n2ncc(/C=C/C(=O)N3CCCC3)c12. The first kappa shape index (κ1) is 20.2. The summed E-state index contributed by atoms with van der Waals surface area (Å²) >= 11 is 0. The van der Waals surface area contributed by atoms with Crippen LogP contribution in [0.5, 0.6) is 5.88 Å². The molecule has 160 valence electrons. The molecule has 0 bridgehead atoms. The lowest BCUT2D eigenvalue weighted by Crippen LogP contribution is -2.34. The number of hydrogen-bond acceptors (Lipinski definition) is 5. The molecular weight excluding hydrogens is 386 g/mol. The Labute approximate surface area is 174 Å². The summed E-state index contributed by atoms with van der Waals surface area (Å²) in [4.78, 5) is 39.7. The molecule has 2 fully saturated rings. The van der Waals surface area contributed by atoms with Gasteiger partial charge in [-0.15, -0.1) is 0 Å². The van der Waals surface area contributed by atoms with Crippen LogP contribution in [-0.4, -0.2) is 55.1 Å². The van der Waals surface area contributed by atoms with E-state index >= 15 is 0 Å². The molecule has 0 atom stereocenters. The number of carbonyl (C=O) groups is 2. The third kappa shape index (κ3) is 3.83. The molecule has 2 aromatic rings. The van der Waals surface area contributed by atoms with Crippen molar-refractivity contribution in [2.45, 2.75) is 52.1 Å². The van der Waals surface area contributed by atoms with Crippen molar-refractivity contribution in [3.8, 4) is 5.88 Å². The van der Waals surface area contributed by atoms with Gasteiger partial charge >= 0.3 is 0 Å². The molecule has 1 aliphatic heterocycles. The minimum Gasteiger partial charge on any atom is -0.494 e. The second-order valence-electron chi connectivity index (χ2n) is 8.46. The van der Waals surface area contributed by atoms with Crippen LogP contribution in [0.2, 0.25) is 0 Å². The molecule has 3 heterocycles. The predicted octanol–water partition coefficient (Wildman–Crippen LogP) is 1.39. The lowest BCUT2D eigenvalue weighted by Gasteiger charge is -2.17. The summed E-state index contributed by atoms with van der Waals surface area (Å²) in [6, 6.07) is 0.0539. The highest BCUT2D eigenvalue weighted by Gasteiger charge is 2.29. The molecule has 0 aromatic carbocycles. The number of nitrogens with zero attached hydrogens (tertiary/aromatic N) is 4. The van der Waals surface area contributed by atoms with Crippen molar-refractivity contribution in [3.05, 3.63) is 33.8 Å². The molecule has 0 spiro atoms. The van der Waals surface area contributed by atoms with Gasteiger partial charge in [0.1, 0.15) is 5.65 Å². The van der Waals surface area contributed by atoms with Gasteiger partial charge in [-0.2, -0.15) is 9.61 Å². The normalized spacial score (nSPS) is 16.8. The molecule has 2 aliphatic rings. The van der Waals surface area contributed by atoms with Crippen molar-refractivity contribution in [2.75, 3.05) is 13.1 Å². The minimum absolute atomic E-state index is 0.0539. The van der Waals surface area contributed by atoms with Crippen molar-refractivity contribution in [1.82, 2.24) is 24.4 Å². The van der Waals surface area contributed by atoms with E-state index in [-0.39, 0.29) is 29.3 Å². The van der Waals surface area contributed by atoms with E-state index < -0.39 is 11.5 Å². The quantitative estimate of drug-likeness (QED) is 0.696. The zero-order chi connectivity index (χ0) is 21.4. The predicted molar refractivity (Wildman–Crippen MR) is 111 cm³/mol. The van der Waals surface area contributed by atoms with Crippen LogP contribution in [0.3, 0.4) is 0 Å². The second kappa shape index (κ2) is 7.97. The van der Waals surface area contributed by atoms with Crippen LogP contribution in [0.15, 0.2) is 17.1 Å². The van der Waals surface area contributed by atoms with E-state index in [4.69, 9.17) is 0 Å². The number of nitrogens with one attached hydrogen (secondary N) is 1. The van der Waals surface area contributed by atoms with Crippen molar-refractivity contribution in [2.24, 2.45) is 5.92 Å². The lowest BCUT2D eigenvalue weighted by atomic mass is 10.2. The van der Waals surface area contributed by atoms with Crippen LogP contribution >= 0.6 is 0 Å². The number of hydrogen-bond donors (Lipinski definition) is 2. The summed E-state index contributed by atoms with van der Waals surface area (Å²) in [5.74, 6) is -0.912. The Morgan fingerprint density at radius 1 is 1.30 bits per heavy atom. The van der Waals surface area contributed by atoms with Crippen molar-refractivity contribution >= 4 is 23.5 Å². The summed E-state index contributed by atoms with van der Waals surface area (Å²) in [6.45, 7) is 5.82. The molecule has 1 saturated carbocycles. The summed E-state index contributed by atoms with van der Waals surface area (Å²) in [7, 11) is 0. The van der Waals surface area contributed by atoms with Crippen LogP contribution < -0.4 is 10.9 Å². The Kier molecular flexibility index (Phi) is 5.36. The molecule has 2 amide bonds. The molecule has 2 aromatic heterocycles. The van der Waals surface area contributed by atoms with Gasteiger partial charge in [0.25, 0.3) is 11.5 Å². The monoisotopic (exact) mass is 413 g/mol. The molecule has 30 heavy (non-hydrogen) atoms. The van der Waals surface area contributed by atoms with Crippen molar-refractivity contribution in [3.63, 3.8) is 0 Å². The second-order valence-corrected chi connectivity index (χ2v) is 8.46. The third-order valence-electron chi connectivity index (χ3n) is 5.42. The van der Waals surface area contributed by atoms with E-state index in [0.29, 0.717) is 17.8 Å². The fraction of sp³-hybridized carbons (Fsp3) is 0.524. The summed E-state index contributed by atoms with van der Waals surface area (Å²) in [6.07, 6.45) is 8.31. The summed E-state index contributed by atoms with van der Waals surface area (Å²) < 4.78 is 2.66. The number of carbonyl (C=O) groups excluding carboxylic acids is 2. The Bertz CT molecular complexity index is 1070. The molecule has 1 aliphatic carbocycles. The van der Waals surface area contributed by atoms with Crippen LogP contribution in [0.25, 0.3) is 11.7 Å². The Morgan fingerprint density at radius 2 is 2.00 bits per heavy atom. The number of rotatable bonds is 6. The van der Waals surface area contributed by atoms with Gasteiger partial charge in [-0.1, -0.05) is 13.8 Å². The van der Waals surface area contributed by atoms with Crippen molar-refractivity contribution in [1.29, 1.82) is 0 Å². The van der Waals surface area contributed by atoms with E-state index in [1.807, 2.05) is 13.8 Å². The molecule has 0 unspecified atom stereocenters. The van der Waals surface area contributed by atoms with Gasteiger partial charge in [-0.05, 0) is 37.7 Å². The van der Waals surface area contributed by atoms with Crippen LogP contribution in [0.1, 0.15) is 55.5 Å². The maximum Gasteiger partial charge on any atom is 0.291 e. The fourth-order valence-corrected chi connectivity index (χ4v) is 3.75. The summed E-state index contributed by atoms with van der Waals surface area (Å²) in [5.41, 5.74) is -0.0857. The number of aromatic nitrogens is 3. The average molecular weight is 413 g/mol. The van der Waals surface area contributed by atoms with E-state index in [9.17, 15) is 19.5 Å². The number of fused-ring (bicyclic) bond motifs is 1. The first-order chi connectivity index (χ1) is 14.4. The highest BCUT2D eigenvalue weighted by atomic mass is 16.3. The maximum absolute atomic E-state index is 13.0. The van der Waals surface area contributed by atoms with Crippen LogP contribution in [0, 0.1) is 5.92 Å². The van der Waals surface area contributed by atoms with Gasteiger partial charge in [0, 0.05) is 37.3 Å². The zero-order valence-electron chi connectivity index (χ0n) is 17.3. The Morgan fingerprint density at radius 3 is 2.63 bits per heavy atom. The largest absolute Gasteiger partial charge is 0.494 e. The van der Waals surface area contributed by atoms with Gasteiger partial charge in [-0.3, -0.25) is 19.0 Å². The van der Waals surface area contributed by atoms with E-state index in [2.05, 4.69) is 10.4 Å². The van der Waals surface area contributed by atoms with Crippen LogP contribution in [0.4, 0.5) is 0 Å². The standard InChI is InChI=1S/C21H27N5O4/c1-13(2)12-25-19-14(5-8-16(27)24-9-3-4-10-24)11-22-26(19)21(30)17(20(25)29)18(28)23-15-6-7-15/h5,8,11,13,15,29H,3-4,6-7,9-10,12H2,1-2H3,(H,23,28)/b8-5+. The van der Waals surface area contributed by atoms with Gasteiger partial charge in [0.05, 0.1) is 6.20 Å².